The number of fused-ring (bicyclic) bond motifs is 1. The van der Waals surface area contributed by atoms with Gasteiger partial charge in [-0.2, -0.15) is 0 Å². The number of aromatic hydroxyl groups is 1. The second kappa shape index (κ2) is 13.3. The first kappa shape index (κ1) is 28.2. The highest BCUT2D eigenvalue weighted by Gasteiger charge is 2.30. The van der Waals surface area contributed by atoms with Crippen LogP contribution in [0.15, 0.2) is 71.9 Å². The number of nitrogens with zero attached hydrogens (tertiary/aromatic N) is 1. The molecule has 0 bridgehead atoms. The van der Waals surface area contributed by atoms with Crippen molar-refractivity contribution in [3.8, 4) is 5.75 Å². The van der Waals surface area contributed by atoms with Crippen molar-refractivity contribution in [2.75, 3.05) is 13.6 Å². The molecular weight excluding hydrogens is 501 g/mol. The highest BCUT2D eigenvalue weighted by molar-refractivity contribution is 7.89. The van der Waals surface area contributed by atoms with Crippen LogP contribution in [-0.2, 0) is 22.9 Å². The average molecular weight is 540 g/mol. The fraction of sp³-hybridized carbons (Fsp3) is 0.433. The maximum atomic E-state index is 12.9. The number of benzene rings is 2. The molecule has 1 heterocycles. The van der Waals surface area contributed by atoms with Crippen LogP contribution in [0.3, 0.4) is 0 Å². The Hall–Kier alpha value is -2.81. The van der Waals surface area contributed by atoms with E-state index in [1.165, 1.54) is 74.0 Å². The molecule has 0 saturated heterocycles. The van der Waals surface area contributed by atoms with Gasteiger partial charge in [-0.15, -0.1) is 0 Å². The number of rotatable bonds is 7. The molecule has 38 heavy (non-hydrogen) atoms. The molecule has 1 fully saturated rings. The average Bonchev–Trinajstić information content (AvgIpc) is 2.94. The van der Waals surface area contributed by atoms with E-state index in [-0.39, 0.29) is 4.90 Å². The van der Waals surface area contributed by atoms with Gasteiger partial charge in [0.25, 0.3) is 0 Å². The van der Waals surface area contributed by atoms with Crippen LogP contribution in [0.4, 0.5) is 4.39 Å². The maximum Gasteiger partial charge on any atom is 0.243 e. The molecule has 2 aliphatic rings. The molecule has 1 aromatic heterocycles. The summed E-state index contributed by atoms with van der Waals surface area (Å²) in [4.78, 5) is 3.84. The molecular formula is C30H38FN3O3S. The zero-order valence-electron chi connectivity index (χ0n) is 21.9. The van der Waals surface area contributed by atoms with Gasteiger partial charge in [-0.05, 0) is 105 Å². The minimum atomic E-state index is -3.65. The van der Waals surface area contributed by atoms with Crippen LogP contribution in [-0.4, -0.2) is 38.1 Å². The Bertz CT molecular complexity index is 1280. The van der Waals surface area contributed by atoms with Crippen LogP contribution >= 0.6 is 0 Å². The fourth-order valence-corrected chi connectivity index (χ4v) is 6.45. The fourth-order valence-electron chi connectivity index (χ4n) is 5.65. The summed E-state index contributed by atoms with van der Waals surface area (Å²) in [5.41, 5.74) is 4.07. The smallest absolute Gasteiger partial charge is 0.243 e. The highest BCUT2D eigenvalue weighted by atomic mass is 32.2. The van der Waals surface area contributed by atoms with Gasteiger partial charge in [0.1, 0.15) is 16.5 Å². The van der Waals surface area contributed by atoms with E-state index < -0.39 is 15.8 Å². The van der Waals surface area contributed by atoms with Gasteiger partial charge in [-0.1, -0.05) is 37.5 Å². The molecule has 8 heteroatoms. The topological polar surface area (TPSA) is 91.3 Å². The van der Waals surface area contributed by atoms with Crippen LogP contribution in [0.1, 0.15) is 61.1 Å². The summed E-state index contributed by atoms with van der Waals surface area (Å²) in [6.45, 7) is 1.16. The van der Waals surface area contributed by atoms with Crippen LogP contribution < -0.4 is 10.0 Å². The number of halogens is 1. The summed E-state index contributed by atoms with van der Waals surface area (Å²) < 4.78 is 37.0. The predicted octanol–water partition coefficient (Wildman–Crippen LogP) is 5.33. The van der Waals surface area contributed by atoms with E-state index in [2.05, 4.69) is 28.5 Å². The molecule has 2 atom stereocenters. The first-order valence-electron chi connectivity index (χ1n) is 13.5. The van der Waals surface area contributed by atoms with E-state index in [1.807, 2.05) is 29.2 Å². The third-order valence-electron chi connectivity index (χ3n) is 7.73. The summed E-state index contributed by atoms with van der Waals surface area (Å²) in [7, 11) is -2.42. The molecule has 3 aromatic rings. The Morgan fingerprint density at radius 3 is 2.45 bits per heavy atom. The van der Waals surface area contributed by atoms with Crippen molar-refractivity contribution in [2.45, 2.75) is 68.2 Å². The van der Waals surface area contributed by atoms with E-state index >= 15 is 0 Å². The number of sulfonamides is 1. The molecule has 2 aliphatic carbocycles. The van der Waals surface area contributed by atoms with E-state index in [4.69, 9.17) is 0 Å². The van der Waals surface area contributed by atoms with Crippen LogP contribution in [0.2, 0.25) is 0 Å². The van der Waals surface area contributed by atoms with Crippen molar-refractivity contribution >= 4 is 10.0 Å². The molecule has 0 aliphatic heterocycles. The lowest BCUT2D eigenvalue weighted by Gasteiger charge is -2.36. The molecule has 0 amide bonds. The number of hydrogen-bond donors (Lipinski definition) is 3. The lowest BCUT2D eigenvalue weighted by molar-refractivity contribution is 0.301. The summed E-state index contributed by atoms with van der Waals surface area (Å²) >= 11 is 0. The van der Waals surface area contributed by atoms with E-state index in [1.54, 1.807) is 0 Å². The van der Waals surface area contributed by atoms with Crippen molar-refractivity contribution in [3.63, 3.8) is 0 Å². The molecule has 0 spiro atoms. The third kappa shape index (κ3) is 7.40. The Balaban J connectivity index is 0.000000236. The van der Waals surface area contributed by atoms with E-state index in [0.717, 1.165) is 37.8 Å². The van der Waals surface area contributed by atoms with E-state index in [0.29, 0.717) is 17.7 Å². The standard InChI is InChI=1S/C23H30N2O.C7H8FNO2S/c26-20-7-8-21-19(15-20)6-9-23(25-16-18-4-2-1-3-5-18)22(21)14-17-10-12-24-13-11-17;1-9-12(10,11)7-5-3-2-4-6(7)8/h7-8,10-13,15,18,22-23,25-26H,1-6,9,14,16H2;2-5,9H,1H3. The molecule has 6 nitrogen and oxygen atoms in total. The third-order valence-corrected chi connectivity index (χ3v) is 9.18. The van der Waals surface area contributed by atoms with Crippen LogP contribution in [0.5, 0.6) is 5.75 Å². The Morgan fingerprint density at radius 1 is 1.00 bits per heavy atom. The Morgan fingerprint density at radius 2 is 1.74 bits per heavy atom. The lowest BCUT2D eigenvalue weighted by atomic mass is 9.76. The second-order valence-electron chi connectivity index (χ2n) is 10.2. The predicted molar refractivity (Wildman–Crippen MR) is 148 cm³/mol. The molecule has 2 unspecified atom stereocenters. The van der Waals surface area contributed by atoms with Crippen molar-refractivity contribution in [1.29, 1.82) is 0 Å². The minimum Gasteiger partial charge on any atom is -0.508 e. The van der Waals surface area contributed by atoms with Crippen LogP contribution in [0, 0.1) is 11.7 Å². The van der Waals surface area contributed by atoms with Gasteiger partial charge in [0, 0.05) is 24.4 Å². The first-order chi connectivity index (χ1) is 18.4. The van der Waals surface area contributed by atoms with Crippen molar-refractivity contribution in [1.82, 2.24) is 15.0 Å². The normalized spacial score (nSPS) is 19.7. The van der Waals surface area contributed by atoms with Crippen molar-refractivity contribution < 1.29 is 17.9 Å². The van der Waals surface area contributed by atoms with Gasteiger partial charge in [-0.25, -0.2) is 17.5 Å². The number of nitrogens with one attached hydrogen (secondary N) is 2. The molecule has 2 aromatic carbocycles. The quantitative estimate of drug-likeness (QED) is 0.377. The van der Waals surface area contributed by atoms with E-state index in [9.17, 15) is 17.9 Å². The van der Waals surface area contributed by atoms with Gasteiger partial charge >= 0.3 is 0 Å². The van der Waals surface area contributed by atoms with Gasteiger partial charge < -0.3 is 10.4 Å². The number of aromatic nitrogens is 1. The Kier molecular flexibility index (Phi) is 9.88. The molecule has 3 N–H and O–H groups in total. The number of phenols is 1. The van der Waals surface area contributed by atoms with Gasteiger partial charge in [0.05, 0.1) is 0 Å². The Labute approximate surface area is 225 Å². The lowest BCUT2D eigenvalue weighted by Crippen LogP contribution is -2.41. The monoisotopic (exact) mass is 539 g/mol. The minimum absolute atomic E-state index is 0.326. The summed E-state index contributed by atoms with van der Waals surface area (Å²) in [5, 5.41) is 13.8. The molecule has 0 radical (unpaired) electrons. The van der Waals surface area contributed by atoms with Crippen molar-refractivity contribution in [3.05, 3.63) is 89.5 Å². The zero-order chi connectivity index (χ0) is 27.0. The van der Waals surface area contributed by atoms with Gasteiger partial charge in [-0.3, -0.25) is 4.98 Å². The maximum absolute atomic E-state index is 12.9. The van der Waals surface area contributed by atoms with Crippen molar-refractivity contribution in [2.24, 2.45) is 5.92 Å². The molecule has 5 rings (SSSR count). The molecule has 204 valence electrons. The summed E-state index contributed by atoms with van der Waals surface area (Å²) in [5.74, 6) is 0.962. The number of phenolic OH excluding ortho intramolecular Hbond substituents is 1. The largest absolute Gasteiger partial charge is 0.508 e. The number of aryl methyl sites for hydroxylation is 1. The summed E-state index contributed by atoms with van der Waals surface area (Å²) in [6, 6.07) is 15.9. The zero-order valence-corrected chi connectivity index (χ0v) is 22.8. The first-order valence-corrected chi connectivity index (χ1v) is 15.0. The number of pyridine rings is 1. The van der Waals surface area contributed by atoms with Gasteiger partial charge in [0.2, 0.25) is 10.0 Å². The SMILES string of the molecule is CNS(=O)(=O)c1ccccc1F.Oc1ccc2c(c1)CCC(NCC1CCCCC1)C2Cc1ccncc1. The number of hydrogen-bond acceptors (Lipinski definition) is 5. The van der Waals surface area contributed by atoms with Gasteiger partial charge in [0.15, 0.2) is 0 Å². The summed E-state index contributed by atoms with van der Waals surface area (Å²) in [6.07, 6.45) is 14.0. The molecule has 1 saturated carbocycles. The highest BCUT2D eigenvalue weighted by Crippen LogP contribution is 2.36. The van der Waals surface area contributed by atoms with Crippen LogP contribution in [0.25, 0.3) is 0 Å². The second-order valence-corrected chi connectivity index (χ2v) is 12.1.